The van der Waals surface area contributed by atoms with Gasteiger partial charge in [0.1, 0.15) is 11.6 Å². The van der Waals surface area contributed by atoms with Crippen LogP contribution in [-0.2, 0) is 6.18 Å². The summed E-state index contributed by atoms with van der Waals surface area (Å²) in [4.78, 5) is 12.1. The molecule has 0 bridgehead atoms. The summed E-state index contributed by atoms with van der Waals surface area (Å²) < 4.78 is 57.3. The Hall–Kier alpha value is -3.28. The zero-order valence-corrected chi connectivity index (χ0v) is 15.8. The maximum atomic E-state index is 13.8. The van der Waals surface area contributed by atoms with Crippen molar-refractivity contribution in [2.75, 3.05) is 5.32 Å². The number of amides is 2. The maximum absolute atomic E-state index is 13.8. The Morgan fingerprint density at radius 2 is 1.73 bits per heavy atom. The second-order valence-corrected chi connectivity index (χ2v) is 7.02. The summed E-state index contributed by atoms with van der Waals surface area (Å²) in [7, 11) is 0. The van der Waals surface area contributed by atoms with Gasteiger partial charge >= 0.3 is 12.2 Å². The van der Waals surface area contributed by atoms with Gasteiger partial charge < -0.3 is 15.4 Å². The van der Waals surface area contributed by atoms with Crippen molar-refractivity contribution in [2.45, 2.75) is 44.0 Å². The smallest absolute Gasteiger partial charge is 0.416 e. The van der Waals surface area contributed by atoms with Gasteiger partial charge in [0.15, 0.2) is 0 Å². The van der Waals surface area contributed by atoms with Crippen molar-refractivity contribution >= 4 is 11.7 Å². The topological polar surface area (TPSA) is 74.2 Å². The van der Waals surface area contributed by atoms with Crippen molar-refractivity contribution in [3.05, 3.63) is 59.4 Å². The lowest BCUT2D eigenvalue weighted by molar-refractivity contribution is -0.137. The normalized spacial score (nSPS) is 18.9. The highest BCUT2D eigenvalue weighted by Crippen LogP contribution is 2.31. The molecule has 0 aromatic heterocycles. The maximum Gasteiger partial charge on any atom is 0.416 e. The SMILES string of the molecule is N#Cc1ccc(F)c(NC(=O)N[C@H]2CC[C@H](Oc3ccc(C(F)(F)F)cc3)CC2)c1. The van der Waals surface area contributed by atoms with Gasteiger partial charge in [-0.25, -0.2) is 9.18 Å². The minimum atomic E-state index is -4.39. The van der Waals surface area contributed by atoms with Crippen LogP contribution >= 0.6 is 0 Å². The predicted octanol–water partition coefficient (Wildman–Crippen LogP) is 5.23. The van der Waals surface area contributed by atoms with E-state index in [9.17, 15) is 22.4 Å². The fraction of sp³-hybridized carbons (Fsp3) is 0.333. The summed E-state index contributed by atoms with van der Waals surface area (Å²) in [5.74, 6) is -0.275. The Balaban J connectivity index is 1.46. The standard InChI is InChI=1S/C21H19F4N3O2/c22-18-10-1-13(12-26)11-19(18)28-20(29)27-15-4-8-17(9-5-15)30-16-6-2-14(3-7-16)21(23,24)25/h1-3,6-7,10-11,15,17H,4-5,8-9H2,(H2,27,28,29)/t15-,17-. The molecule has 0 radical (unpaired) electrons. The van der Waals surface area contributed by atoms with Crippen LogP contribution in [0.2, 0.25) is 0 Å². The van der Waals surface area contributed by atoms with Gasteiger partial charge in [-0.05, 0) is 68.1 Å². The molecule has 30 heavy (non-hydrogen) atoms. The van der Waals surface area contributed by atoms with Crippen molar-refractivity contribution in [3.8, 4) is 11.8 Å². The van der Waals surface area contributed by atoms with Gasteiger partial charge in [-0.15, -0.1) is 0 Å². The van der Waals surface area contributed by atoms with E-state index >= 15 is 0 Å². The number of carbonyl (C=O) groups excluding carboxylic acids is 1. The number of nitriles is 1. The molecule has 0 aliphatic heterocycles. The van der Waals surface area contributed by atoms with E-state index in [0.717, 1.165) is 18.2 Å². The van der Waals surface area contributed by atoms with Gasteiger partial charge in [-0.2, -0.15) is 18.4 Å². The molecular weight excluding hydrogens is 402 g/mol. The van der Waals surface area contributed by atoms with Crippen LogP contribution in [-0.4, -0.2) is 18.2 Å². The quantitative estimate of drug-likeness (QED) is 0.664. The average Bonchev–Trinajstić information content (AvgIpc) is 2.71. The number of urea groups is 1. The Bertz CT molecular complexity index is 931. The molecule has 3 rings (SSSR count). The molecule has 0 unspecified atom stereocenters. The first-order valence-corrected chi connectivity index (χ1v) is 9.35. The van der Waals surface area contributed by atoms with E-state index in [0.29, 0.717) is 31.4 Å². The number of alkyl halides is 3. The predicted molar refractivity (Wildman–Crippen MR) is 101 cm³/mol. The number of hydrogen-bond acceptors (Lipinski definition) is 3. The molecule has 0 spiro atoms. The summed E-state index contributed by atoms with van der Waals surface area (Å²) in [6, 6.07) is 9.39. The van der Waals surface area contributed by atoms with Crippen LogP contribution in [0.5, 0.6) is 5.75 Å². The van der Waals surface area contributed by atoms with E-state index in [2.05, 4.69) is 10.6 Å². The molecule has 0 saturated heterocycles. The van der Waals surface area contributed by atoms with Gasteiger partial charge in [0.05, 0.1) is 29.0 Å². The highest BCUT2D eigenvalue weighted by atomic mass is 19.4. The number of benzene rings is 2. The van der Waals surface area contributed by atoms with Crippen LogP contribution < -0.4 is 15.4 Å². The van der Waals surface area contributed by atoms with Crippen LogP contribution in [0.1, 0.15) is 36.8 Å². The summed E-state index contributed by atoms with van der Waals surface area (Å²) in [5.41, 5.74) is -0.580. The van der Waals surface area contributed by atoms with E-state index < -0.39 is 23.6 Å². The molecular formula is C21H19F4N3O2. The highest BCUT2D eigenvalue weighted by Gasteiger charge is 2.30. The lowest BCUT2D eigenvalue weighted by atomic mass is 9.93. The van der Waals surface area contributed by atoms with E-state index in [1.54, 1.807) is 0 Å². The molecule has 9 heteroatoms. The fourth-order valence-electron chi connectivity index (χ4n) is 3.27. The number of ether oxygens (including phenoxy) is 1. The number of nitrogens with one attached hydrogen (secondary N) is 2. The zero-order chi connectivity index (χ0) is 21.7. The van der Waals surface area contributed by atoms with Gasteiger partial charge in [-0.1, -0.05) is 0 Å². The molecule has 2 aromatic carbocycles. The van der Waals surface area contributed by atoms with E-state index in [-0.39, 0.29) is 23.4 Å². The number of hydrogen-bond donors (Lipinski definition) is 2. The van der Waals surface area contributed by atoms with Crippen LogP contribution in [0.3, 0.4) is 0 Å². The first-order chi connectivity index (χ1) is 14.2. The molecule has 2 N–H and O–H groups in total. The van der Waals surface area contributed by atoms with Gasteiger partial charge in [0.25, 0.3) is 0 Å². The summed E-state index contributed by atoms with van der Waals surface area (Å²) in [6.45, 7) is 0. The molecule has 0 heterocycles. The van der Waals surface area contributed by atoms with Crippen molar-refractivity contribution in [1.82, 2.24) is 5.32 Å². The third kappa shape index (κ3) is 5.63. The number of rotatable bonds is 4. The highest BCUT2D eigenvalue weighted by molar-refractivity contribution is 5.89. The summed E-state index contributed by atoms with van der Waals surface area (Å²) >= 11 is 0. The molecule has 1 aliphatic carbocycles. The number of nitrogens with zero attached hydrogens (tertiary/aromatic N) is 1. The van der Waals surface area contributed by atoms with Crippen molar-refractivity contribution < 1.29 is 27.1 Å². The number of anilines is 1. The lowest BCUT2D eigenvalue weighted by Gasteiger charge is -2.29. The fourth-order valence-corrected chi connectivity index (χ4v) is 3.27. The van der Waals surface area contributed by atoms with Gasteiger partial charge in [0, 0.05) is 6.04 Å². The Kier molecular flexibility index (Phi) is 6.45. The first-order valence-electron chi connectivity index (χ1n) is 9.35. The van der Waals surface area contributed by atoms with Crippen LogP contribution in [0.4, 0.5) is 28.0 Å². The average molecular weight is 421 g/mol. The summed E-state index contributed by atoms with van der Waals surface area (Å²) in [6.07, 6.45) is -2.10. The Morgan fingerprint density at radius 1 is 1.07 bits per heavy atom. The van der Waals surface area contributed by atoms with E-state index in [1.165, 1.54) is 24.3 Å². The molecule has 158 valence electrons. The van der Waals surface area contributed by atoms with Crippen molar-refractivity contribution in [3.63, 3.8) is 0 Å². The molecule has 1 saturated carbocycles. The Morgan fingerprint density at radius 3 is 2.33 bits per heavy atom. The molecule has 0 atom stereocenters. The second-order valence-electron chi connectivity index (χ2n) is 7.02. The van der Waals surface area contributed by atoms with E-state index in [1.807, 2.05) is 6.07 Å². The monoisotopic (exact) mass is 421 g/mol. The number of halogens is 4. The summed E-state index contributed by atoms with van der Waals surface area (Å²) in [5, 5.41) is 14.0. The largest absolute Gasteiger partial charge is 0.490 e. The molecule has 2 aromatic rings. The Labute approximate surface area is 170 Å². The second kappa shape index (κ2) is 9.03. The minimum Gasteiger partial charge on any atom is -0.490 e. The molecule has 1 fully saturated rings. The third-order valence-corrected chi connectivity index (χ3v) is 4.84. The zero-order valence-electron chi connectivity index (χ0n) is 15.8. The van der Waals surface area contributed by atoms with Gasteiger partial charge in [0.2, 0.25) is 0 Å². The van der Waals surface area contributed by atoms with Crippen molar-refractivity contribution in [1.29, 1.82) is 5.26 Å². The molecule has 1 aliphatic rings. The minimum absolute atomic E-state index is 0.0779. The van der Waals surface area contributed by atoms with Crippen LogP contribution in [0, 0.1) is 17.1 Å². The first kappa shape index (κ1) is 21.4. The lowest BCUT2D eigenvalue weighted by Crippen LogP contribution is -2.41. The number of carbonyl (C=O) groups is 1. The van der Waals surface area contributed by atoms with Gasteiger partial charge in [-0.3, -0.25) is 0 Å². The molecule has 5 nitrogen and oxygen atoms in total. The van der Waals surface area contributed by atoms with Crippen LogP contribution in [0.15, 0.2) is 42.5 Å². The molecule has 2 amide bonds. The van der Waals surface area contributed by atoms with E-state index in [4.69, 9.17) is 10.00 Å². The van der Waals surface area contributed by atoms with Crippen LogP contribution in [0.25, 0.3) is 0 Å². The van der Waals surface area contributed by atoms with Crippen molar-refractivity contribution in [2.24, 2.45) is 0 Å². The third-order valence-electron chi connectivity index (χ3n) is 4.84.